The highest BCUT2D eigenvalue weighted by Gasteiger charge is 2.14. The van der Waals surface area contributed by atoms with Crippen LogP contribution in [0.4, 0.5) is 4.39 Å². The van der Waals surface area contributed by atoms with Crippen LogP contribution in [0.2, 0.25) is 5.02 Å². The first-order chi connectivity index (χ1) is 13.6. The van der Waals surface area contributed by atoms with E-state index in [4.69, 9.17) is 16.3 Å². The third-order valence-electron chi connectivity index (χ3n) is 4.18. The van der Waals surface area contributed by atoms with Gasteiger partial charge < -0.3 is 4.74 Å². The molecule has 9 heteroatoms. The maximum Gasteiger partial charge on any atom is 0.300 e. The molecule has 0 unspecified atom stereocenters. The van der Waals surface area contributed by atoms with Crippen molar-refractivity contribution < 1.29 is 9.13 Å². The summed E-state index contributed by atoms with van der Waals surface area (Å²) in [6.07, 6.45) is 3.33. The first kappa shape index (κ1) is 18.5. The summed E-state index contributed by atoms with van der Waals surface area (Å²) in [6, 6.07) is 11.7. The quantitative estimate of drug-likeness (QED) is 0.461. The molecular weight excluding hydrogens is 403 g/mol. The van der Waals surface area contributed by atoms with E-state index in [1.54, 1.807) is 60.3 Å². The van der Waals surface area contributed by atoms with Crippen LogP contribution in [-0.4, -0.2) is 26.3 Å². The van der Waals surface area contributed by atoms with Crippen LogP contribution in [-0.2, 0) is 5.75 Å². The predicted molar refractivity (Wildman–Crippen MR) is 106 cm³/mol. The number of fused-ring (bicyclic) bond motifs is 1. The topological polar surface area (TPSA) is 61.4 Å². The Morgan fingerprint density at radius 3 is 2.79 bits per heavy atom. The number of nitrogens with zero attached hydrogens (tertiary/aromatic N) is 4. The summed E-state index contributed by atoms with van der Waals surface area (Å²) in [7, 11) is 1.56. The molecule has 2 heterocycles. The van der Waals surface area contributed by atoms with Gasteiger partial charge >= 0.3 is 5.56 Å². The molecule has 0 saturated heterocycles. The van der Waals surface area contributed by atoms with Crippen LogP contribution in [0, 0.1) is 5.82 Å². The third kappa shape index (κ3) is 3.36. The number of thioether (sulfide) groups is 1. The molecule has 28 heavy (non-hydrogen) atoms. The lowest BCUT2D eigenvalue weighted by atomic mass is 10.2. The molecule has 0 N–H and O–H groups in total. The second-order valence-electron chi connectivity index (χ2n) is 5.84. The minimum absolute atomic E-state index is 0.174. The lowest BCUT2D eigenvalue weighted by Crippen LogP contribution is -2.20. The summed E-state index contributed by atoms with van der Waals surface area (Å²) >= 11 is 7.32. The van der Waals surface area contributed by atoms with Crippen LogP contribution in [0.5, 0.6) is 5.75 Å². The van der Waals surface area contributed by atoms with Gasteiger partial charge in [0.1, 0.15) is 11.6 Å². The standard InChI is InChI=1S/C19H14ClFN4O2S/c1-27-13-5-2-4-12(10-13)24-8-9-25-17(18(24)26)22-23-19(25)28-11-14-15(20)6-3-7-16(14)21/h2-10H,11H2,1H3. The molecule has 0 atom stereocenters. The molecular formula is C19H14ClFN4O2S. The molecule has 0 spiro atoms. The molecule has 2 aromatic heterocycles. The number of rotatable bonds is 5. The molecule has 0 fully saturated rings. The van der Waals surface area contributed by atoms with Crippen molar-refractivity contribution in [3.8, 4) is 11.4 Å². The van der Waals surface area contributed by atoms with Crippen LogP contribution in [0.1, 0.15) is 5.56 Å². The number of hydrogen-bond acceptors (Lipinski definition) is 5. The molecule has 0 aliphatic heterocycles. The van der Waals surface area contributed by atoms with Crippen molar-refractivity contribution in [1.82, 2.24) is 19.2 Å². The normalized spacial score (nSPS) is 11.1. The molecule has 2 aromatic carbocycles. The fourth-order valence-electron chi connectivity index (χ4n) is 2.74. The Hall–Kier alpha value is -2.84. The van der Waals surface area contributed by atoms with Crippen molar-refractivity contribution in [3.63, 3.8) is 0 Å². The van der Waals surface area contributed by atoms with Gasteiger partial charge in [-0.3, -0.25) is 13.8 Å². The molecule has 0 amide bonds. The second kappa shape index (κ2) is 7.65. The Morgan fingerprint density at radius 1 is 1.18 bits per heavy atom. The Bertz CT molecular complexity index is 1200. The van der Waals surface area contributed by atoms with E-state index in [0.29, 0.717) is 27.2 Å². The average Bonchev–Trinajstić information content (AvgIpc) is 3.12. The van der Waals surface area contributed by atoms with E-state index in [0.717, 1.165) is 0 Å². The van der Waals surface area contributed by atoms with E-state index in [1.807, 2.05) is 0 Å². The van der Waals surface area contributed by atoms with Gasteiger partial charge in [-0.2, -0.15) is 0 Å². The molecule has 0 aliphatic rings. The number of aromatic nitrogens is 4. The lowest BCUT2D eigenvalue weighted by Gasteiger charge is -2.08. The van der Waals surface area contributed by atoms with Gasteiger partial charge in [-0.05, 0) is 24.3 Å². The Labute approximate surface area is 168 Å². The highest BCUT2D eigenvalue weighted by atomic mass is 35.5. The van der Waals surface area contributed by atoms with E-state index in [-0.39, 0.29) is 22.8 Å². The first-order valence-corrected chi connectivity index (χ1v) is 9.61. The second-order valence-corrected chi connectivity index (χ2v) is 7.19. The van der Waals surface area contributed by atoms with E-state index in [1.165, 1.54) is 22.4 Å². The number of methoxy groups -OCH3 is 1. The van der Waals surface area contributed by atoms with Crippen LogP contribution in [0.25, 0.3) is 11.3 Å². The van der Waals surface area contributed by atoms with E-state index >= 15 is 0 Å². The number of halogens is 2. The fraction of sp³-hybridized carbons (Fsp3) is 0.105. The molecule has 0 bridgehead atoms. The summed E-state index contributed by atoms with van der Waals surface area (Å²) in [4.78, 5) is 12.8. The largest absolute Gasteiger partial charge is 0.497 e. The molecule has 0 radical (unpaired) electrons. The molecule has 0 saturated carbocycles. The fourth-order valence-corrected chi connectivity index (χ4v) is 4.00. The minimum Gasteiger partial charge on any atom is -0.497 e. The van der Waals surface area contributed by atoms with Crippen molar-refractivity contribution in [2.45, 2.75) is 10.9 Å². The number of hydrogen-bond donors (Lipinski definition) is 0. The first-order valence-electron chi connectivity index (χ1n) is 8.25. The van der Waals surface area contributed by atoms with Gasteiger partial charge in [-0.1, -0.05) is 35.5 Å². The van der Waals surface area contributed by atoms with Crippen LogP contribution < -0.4 is 10.3 Å². The molecule has 6 nitrogen and oxygen atoms in total. The maximum absolute atomic E-state index is 14.0. The average molecular weight is 417 g/mol. The Kier molecular flexibility index (Phi) is 5.06. The maximum atomic E-state index is 14.0. The highest BCUT2D eigenvalue weighted by Crippen LogP contribution is 2.27. The van der Waals surface area contributed by atoms with Crippen LogP contribution in [0.3, 0.4) is 0 Å². The van der Waals surface area contributed by atoms with Gasteiger partial charge in [0.2, 0.25) is 5.65 Å². The predicted octanol–water partition coefficient (Wildman–Crippen LogP) is 3.97. The Morgan fingerprint density at radius 2 is 2.00 bits per heavy atom. The smallest absolute Gasteiger partial charge is 0.300 e. The summed E-state index contributed by atoms with van der Waals surface area (Å²) in [5.41, 5.74) is 0.893. The SMILES string of the molecule is COc1cccc(-n2ccn3c(SCc4c(F)cccc4Cl)nnc3c2=O)c1. The van der Waals surface area contributed by atoms with Crippen molar-refractivity contribution in [2.75, 3.05) is 7.11 Å². The molecule has 4 aromatic rings. The van der Waals surface area contributed by atoms with Gasteiger partial charge in [0.15, 0.2) is 5.16 Å². The van der Waals surface area contributed by atoms with Gasteiger partial charge in [0.05, 0.1) is 12.8 Å². The zero-order valence-electron chi connectivity index (χ0n) is 14.7. The summed E-state index contributed by atoms with van der Waals surface area (Å²) in [6.45, 7) is 0. The number of benzene rings is 2. The van der Waals surface area contributed by atoms with Crippen molar-refractivity contribution in [1.29, 1.82) is 0 Å². The lowest BCUT2D eigenvalue weighted by molar-refractivity contribution is 0.414. The van der Waals surface area contributed by atoms with Crippen molar-refractivity contribution in [3.05, 3.63) is 81.6 Å². The Balaban J connectivity index is 1.68. The van der Waals surface area contributed by atoms with Gasteiger partial charge in [-0.15, -0.1) is 10.2 Å². The van der Waals surface area contributed by atoms with Crippen LogP contribution in [0.15, 0.2) is 64.8 Å². The molecule has 0 aliphatic carbocycles. The van der Waals surface area contributed by atoms with Gasteiger partial charge in [-0.25, -0.2) is 4.39 Å². The molecule has 4 rings (SSSR count). The summed E-state index contributed by atoms with van der Waals surface area (Å²) in [5, 5.41) is 8.90. The van der Waals surface area contributed by atoms with Gasteiger partial charge in [0, 0.05) is 34.8 Å². The summed E-state index contributed by atoms with van der Waals surface area (Å²) < 4.78 is 22.2. The zero-order valence-corrected chi connectivity index (χ0v) is 16.2. The molecule has 142 valence electrons. The minimum atomic E-state index is -0.380. The number of ether oxygens (including phenoxy) is 1. The monoisotopic (exact) mass is 416 g/mol. The van der Waals surface area contributed by atoms with Crippen molar-refractivity contribution in [2.24, 2.45) is 0 Å². The van der Waals surface area contributed by atoms with Gasteiger partial charge in [0.25, 0.3) is 0 Å². The van der Waals surface area contributed by atoms with Crippen molar-refractivity contribution >= 4 is 29.0 Å². The summed E-state index contributed by atoms with van der Waals surface area (Å²) in [5.74, 6) is 0.531. The third-order valence-corrected chi connectivity index (χ3v) is 5.50. The van der Waals surface area contributed by atoms with E-state index in [9.17, 15) is 9.18 Å². The van der Waals surface area contributed by atoms with E-state index < -0.39 is 0 Å². The highest BCUT2D eigenvalue weighted by molar-refractivity contribution is 7.98. The van der Waals surface area contributed by atoms with E-state index in [2.05, 4.69) is 10.2 Å². The van der Waals surface area contributed by atoms with Crippen LogP contribution >= 0.6 is 23.4 Å². The zero-order chi connectivity index (χ0) is 19.7.